The van der Waals surface area contributed by atoms with Gasteiger partial charge < -0.3 is 5.32 Å². The van der Waals surface area contributed by atoms with E-state index in [9.17, 15) is 10.1 Å². The van der Waals surface area contributed by atoms with Gasteiger partial charge in [0.25, 0.3) is 5.69 Å². The molecule has 0 radical (unpaired) electrons. The van der Waals surface area contributed by atoms with Crippen LogP contribution < -0.4 is 5.32 Å². The Morgan fingerprint density at radius 1 is 1.19 bits per heavy atom. The lowest BCUT2D eigenvalue weighted by molar-refractivity contribution is -0.385. The van der Waals surface area contributed by atoms with Crippen LogP contribution in [0.2, 0.25) is 0 Å². The molecule has 0 aliphatic carbocycles. The zero-order valence-corrected chi connectivity index (χ0v) is 14.5. The van der Waals surface area contributed by atoms with Gasteiger partial charge in [0, 0.05) is 33.2 Å². The fraction of sp³-hybridized carbons (Fsp3) is 0.200. The molecule has 1 N–H and O–H groups in total. The first kappa shape index (κ1) is 16.1. The quantitative estimate of drug-likeness (QED) is 0.556. The van der Waals surface area contributed by atoms with Gasteiger partial charge in [-0.15, -0.1) is 0 Å². The number of nitro benzene ring substituents is 1. The molecule has 4 nitrogen and oxygen atoms in total. The standard InChI is InChI=1S/C15H14Br2N2O2/c1-10(11-3-2-4-13(16)7-11)18-9-12-5-6-14(17)8-15(12)19(20)21/h2-8,10,18H,9H2,1H3/t10-/m1/s1. The van der Waals surface area contributed by atoms with E-state index in [1.807, 2.05) is 37.3 Å². The average molecular weight is 414 g/mol. The van der Waals surface area contributed by atoms with Crippen molar-refractivity contribution in [1.29, 1.82) is 0 Å². The zero-order valence-electron chi connectivity index (χ0n) is 11.3. The number of rotatable bonds is 5. The van der Waals surface area contributed by atoms with Gasteiger partial charge in [-0.25, -0.2) is 0 Å². The van der Waals surface area contributed by atoms with E-state index in [4.69, 9.17) is 0 Å². The smallest absolute Gasteiger partial charge is 0.275 e. The molecule has 2 rings (SSSR count). The van der Waals surface area contributed by atoms with Gasteiger partial charge in [-0.1, -0.05) is 44.0 Å². The summed E-state index contributed by atoms with van der Waals surface area (Å²) in [5.74, 6) is 0. The SMILES string of the molecule is C[C@@H](NCc1ccc(Br)cc1[N+](=O)[O-])c1cccc(Br)c1. The number of halogens is 2. The Morgan fingerprint density at radius 3 is 2.57 bits per heavy atom. The number of hydrogen-bond acceptors (Lipinski definition) is 3. The molecule has 0 unspecified atom stereocenters. The van der Waals surface area contributed by atoms with Crippen LogP contribution in [0.1, 0.15) is 24.1 Å². The molecule has 0 bridgehead atoms. The Hall–Kier alpha value is -1.24. The number of hydrogen-bond donors (Lipinski definition) is 1. The summed E-state index contributed by atoms with van der Waals surface area (Å²) in [5, 5.41) is 14.4. The summed E-state index contributed by atoms with van der Waals surface area (Å²) in [6, 6.07) is 13.2. The Labute approximate surface area is 140 Å². The second kappa shape index (κ2) is 7.15. The molecule has 6 heteroatoms. The van der Waals surface area contributed by atoms with Crippen molar-refractivity contribution in [2.75, 3.05) is 0 Å². The van der Waals surface area contributed by atoms with Gasteiger partial charge in [0.2, 0.25) is 0 Å². The zero-order chi connectivity index (χ0) is 15.4. The maximum absolute atomic E-state index is 11.1. The first-order valence-electron chi connectivity index (χ1n) is 6.39. The third-order valence-electron chi connectivity index (χ3n) is 3.19. The van der Waals surface area contributed by atoms with E-state index in [1.165, 1.54) is 6.07 Å². The molecule has 0 saturated heterocycles. The van der Waals surface area contributed by atoms with Crippen molar-refractivity contribution < 1.29 is 4.92 Å². The minimum Gasteiger partial charge on any atom is -0.306 e. The van der Waals surface area contributed by atoms with Crippen molar-refractivity contribution >= 4 is 37.5 Å². The van der Waals surface area contributed by atoms with Gasteiger partial charge in [0.05, 0.1) is 4.92 Å². The van der Waals surface area contributed by atoms with Crippen molar-refractivity contribution in [3.63, 3.8) is 0 Å². The molecule has 0 aromatic heterocycles. The van der Waals surface area contributed by atoms with Gasteiger partial charge in [0.15, 0.2) is 0 Å². The molecular weight excluding hydrogens is 400 g/mol. The van der Waals surface area contributed by atoms with Crippen LogP contribution in [0, 0.1) is 10.1 Å². The molecule has 0 fully saturated rings. The Balaban J connectivity index is 2.11. The second-order valence-corrected chi connectivity index (χ2v) is 6.52. The molecular formula is C15H14Br2N2O2. The van der Waals surface area contributed by atoms with Crippen molar-refractivity contribution in [3.05, 3.63) is 72.7 Å². The lowest BCUT2D eigenvalue weighted by Crippen LogP contribution is -2.18. The van der Waals surface area contributed by atoms with Gasteiger partial charge in [-0.3, -0.25) is 10.1 Å². The molecule has 2 aromatic rings. The van der Waals surface area contributed by atoms with E-state index in [-0.39, 0.29) is 16.7 Å². The maximum atomic E-state index is 11.1. The highest BCUT2D eigenvalue weighted by Crippen LogP contribution is 2.24. The van der Waals surface area contributed by atoms with E-state index < -0.39 is 0 Å². The Bertz CT molecular complexity index is 662. The molecule has 21 heavy (non-hydrogen) atoms. The molecule has 0 amide bonds. The minimum absolute atomic E-state index is 0.103. The highest BCUT2D eigenvalue weighted by Gasteiger charge is 2.15. The summed E-state index contributed by atoms with van der Waals surface area (Å²) in [4.78, 5) is 10.7. The van der Waals surface area contributed by atoms with Crippen LogP contribution >= 0.6 is 31.9 Å². The lowest BCUT2D eigenvalue weighted by Gasteiger charge is -2.14. The molecule has 0 saturated carbocycles. The summed E-state index contributed by atoms with van der Waals surface area (Å²) < 4.78 is 1.72. The monoisotopic (exact) mass is 412 g/mol. The third kappa shape index (κ3) is 4.36. The van der Waals surface area contributed by atoms with E-state index in [2.05, 4.69) is 37.2 Å². The van der Waals surface area contributed by atoms with E-state index in [0.717, 1.165) is 10.0 Å². The predicted octanol–water partition coefficient (Wildman–Crippen LogP) is 4.97. The number of nitrogens with zero attached hydrogens (tertiary/aromatic N) is 1. The van der Waals surface area contributed by atoms with Gasteiger partial charge in [-0.05, 0) is 36.8 Å². The van der Waals surface area contributed by atoms with Gasteiger partial charge in [-0.2, -0.15) is 0 Å². The summed E-state index contributed by atoms with van der Waals surface area (Å²) in [6.45, 7) is 2.48. The van der Waals surface area contributed by atoms with Crippen LogP contribution in [0.25, 0.3) is 0 Å². The number of nitrogens with one attached hydrogen (secondary N) is 1. The molecule has 1 atom stereocenters. The normalized spacial score (nSPS) is 12.1. The molecule has 0 aliphatic heterocycles. The van der Waals surface area contributed by atoms with Gasteiger partial charge in [0.1, 0.15) is 0 Å². The summed E-state index contributed by atoms with van der Waals surface area (Å²) in [5.41, 5.74) is 1.92. The number of nitro groups is 1. The average Bonchev–Trinajstić information content (AvgIpc) is 2.45. The van der Waals surface area contributed by atoms with Crippen molar-refractivity contribution in [2.45, 2.75) is 19.5 Å². The Kier molecular flexibility index (Phi) is 5.50. The topological polar surface area (TPSA) is 55.2 Å². The fourth-order valence-electron chi connectivity index (χ4n) is 2.01. The van der Waals surface area contributed by atoms with Crippen LogP contribution in [0.3, 0.4) is 0 Å². The lowest BCUT2D eigenvalue weighted by atomic mass is 10.1. The fourth-order valence-corrected chi connectivity index (χ4v) is 2.78. The van der Waals surface area contributed by atoms with E-state index >= 15 is 0 Å². The molecule has 2 aromatic carbocycles. The van der Waals surface area contributed by atoms with Crippen molar-refractivity contribution in [2.24, 2.45) is 0 Å². The Morgan fingerprint density at radius 2 is 1.90 bits per heavy atom. The van der Waals surface area contributed by atoms with Crippen molar-refractivity contribution in [3.8, 4) is 0 Å². The highest BCUT2D eigenvalue weighted by atomic mass is 79.9. The molecule has 0 spiro atoms. The largest absolute Gasteiger partial charge is 0.306 e. The van der Waals surface area contributed by atoms with Crippen LogP contribution in [0.5, 0.6) is 0 Å². The first-order chi connectivity index (χ1) is 9.97. The van der Waals surface area contributed by atoms with Crippen LogP contribution in [-0.4, -0.2) is 4.92 Å². The van der Waals surface area contributed by atoms with Gasteiger partial charge >= 0.3 is 0 Å². The summed E-state index contributed by atoms with van der Waals surface area (Å²) in [7, 11) is 0. The molecule has 0 heterocycles. The van der Waals surface area contributed by atoms with Crippen LogP contribution in [0.15, 0.2) is 51.4 Å². The minimum atomic E-state index is -0.356. The van der Waals surface area contributed by atoms with Crippen LogP contribution in [-0.2, 0) is 6.54 Å². The molecule has 0 aliphatic rings. The maximum Gasteiger partial charge on any atom is 0.275 e. The van der Waals surface area contributed by atoms with Crippen LogP contribution in [0.4, 0.5) is 5.69 Å². The second-order valence-electron chi connectivity index (χ2n) is 4.69. The highest BCUT2D eigenvalue weighted by molar-refractivity contribution is 9.10. The van der Waals surface area contributed by atoms with E-state index in [0.29, 0.717) is 16.6 Å². The third-order valence-corrected chi connectivity index (χ3v) is 4.18. The summed E-state index contributed by atoms with van der Waals surface area (Å²) >= 11 is 6.70. The first-order valence-corrected chi connectivity index (χ1v) is 7.97. The van der Waals surface area contributed by atoms with Crippen molar-refractivity contribution in [1.82, 2.24) is 5.32 Å². The number of benzene rings is 2. The predicted molar refractivity (Wildman–Crippen MR) is 90.2 cm³/mol. The van der Waals surface area contributed by atoms with E-state index in [1.54, 1.807) is 6.07 Å². The summed E-state index contributed by atoms with van der Waals surface area (Å²) in [6.07, 6.45) is 0. The molecule has 110 valence electrons.